The van der Waals surface area contributed by atoms with E-state index in [0.29, 0.717) is 23.1 Å². The summed E-state index contributed by atoms with van der Waals surface area (Å²) in [5.74, 6) is 1.38. The van der Waals surface area contributed by atoms with Gasteiger partial charge in [-0.25, -0.2) is 0 Å². The van der Waals surface area contributed by atoms with Crippen molar-refractivity contribution < 1.29 is 9.26 Å². The average molecular weight is 224 g/mol. The molecule has 2 aromatic rings. The molecule has 15 heavy (non-hydrogen) atoms. The zero-order valence-corrected chi connectivity index (χ0v) is 8.99. The van der Waals surface area contributed by atoms with Crippen LogP contribution in [-0.4, -0.2) is 11.8 Å². The van der Waals surface area contributed by atoms with Crippen LogP contribution in [-0.2, 0) is 0 Å². The minimum Gasteiger partial charge on any atom is -0.492 e. The van der Waals surface area contributed by atoms with Crippen molar-refractivity contribution in [1.82, 2.24) is 5.16 Å². The Bertz CT molecular complexity index is 440. The Balaban J connectivity index is 2.33. The SMILES string of the molecule is CCOc1ccc(-c2ccno2)cc1Cl. The monoisotopic (exact) mass is 223 g/mol. The molecule has 0 radical (unpaired) electrons. The Morgan fingerprint density at radius 2 is 2.27 bits per heavy atom. The van der Waals surface area contributed by atoms with E-state index in [1.807, 2.05) is 19.1 Å². The van der Waals surface area contributed by atoms with Crippen LogP contribution in [0.2, 0.25) is 5.02 Å². The third-order valence-electron chi connectivity index (χ3n) is 1.95. The van der Waals surface area contributed by atoms with Crippen LogP contribution in [0.4, 0.5) is 0 Å². The second kappa shape index (κ2) is 4.36. The van der Waals surface area contributed by atoms with Crippen LogP contribution in [0.15, 0.2) is 35.0 Å². The van der Waals surface area contributed by atoms with Crippen LogP contribution < -0.4 is 4.74 Å². The van der Waals surface area contributed by atoms with Crippen LogP contribution in [0, 0.1) is 0 Å². The summed E-state index contributed by atoms with van der Waals surface area (Å²) in [7, 11) is 0. The maximum absolute atomic E-state index is 6.04. The normalized spacial score (nSPS) is 10.3. The number of benzene rings is 1. The molecule has 0 spiro atoms. The molecule has 0 aliphatic carbocycles. The number of halogens is 1. The third-order valence-corrected chi connectivity index (χ3v) is 2.25. The van der Waals surface area contributed by atoms with E-state index in [4.69, 9.17) is 20.9 Å². The summed E-state index contributed by atoms with van der Waals surface area (Å²) < 4.78 is 10.4. The van der Waals surface area contributed by atoms with Gasteiger partial charge < -0.3 is 9.26 Å². The molecule has 1 aromatic heterocycles. The fourth-order valence-electron chi connectivity index (χ4n) is 1.29. The van der Waals surface area contributed by atoms with Crippen molar-refractivity contribution >= 4 is 11.6 Å². The Morgan fingerprint density at radius 3 is 2.87 bits per heavy atom. The summed E-state index contributed by atoms with van der Waals surface area (Å²) in [6.07, 6.45) is 1.60. The topological polar surface area (TPSA) is 35.3 Å². The van der Waals surface area contributed by atoms with E-state index < -0.39 is 0 Å². The first-order chi connectivity index (χ1) is 7.31. The predicted octanol–water partition coefficient (Wildman–Crippen LogP) is 3.39. The van der Waals surface area contributed by atoms with E-state index in [1.165, 1.54) is 0 Å². The summed E-state index contributed by atoms with van der Waals surface area (Å²) in [6.45, 7) is 2.52. The lowest BCUT2D eigenvalue weighted by atomic mass is 10.2. The van der Waals surface area contributed by atoms with Gasteiger partial charge in [-0.15, -0.1) is 0 Å². The highest BCUT2D eigenvalue weighted by molar-refractivity contribution is 6.32. The number of hydrogen-bond acceptors (Lipinski definition) is 3. The first kappa shape index (κ1) is 10.1. The van der Waals surface area contributed by atoms with E-state index in [2.05, 4.69) is 5.16 Å². The largest absolute Gasteiger partial charge is 0.492 e. The molecule has 0 amide bonds. The Morgan fingerprint density at radius 1 is 1.40 bits per heavy atom. The lowest BCUT2D eigenvalue weighted by Gasteiger charge is -2.05. The fourth-order valence-corrected chi connectivity index (χ4v) is 1.53. The molecule has 3 nitrogen and oxygen atoms in total. The van der Waals surface area contributed by atoms with E-state index in [-0.39, 0.29) is 0 Å². The first-order valence-corrected chi connectivity index (χ1v) is 5.02. The predicted molar refractivity (Wildman–Crippen MR) is 58.1 cm³/mol. The molecule has 0 aliphatic rings. The smallest absolute Gasteiger partial charge is 0.166 e. The minimum absolute atomic E-state index is 0.575. The maximum atomic E-state index is 6.04. The standard InChI is InChI=1S/C11H10ClNO2/c1-2-14-11-4-3-8(7-9(11)12)10-5-6-13-15-10/h3-7H,2H2,1H3. The lowest BCUT2D eigenvalue weighted by Crippen LogP contribution is -1.91. The maximum Gasteiger partial charge on any atom is 0.166 e. The second-order valence-corrected chi connectivity index (χ2v) is 3.36. The van der Waals surface area contributed by atoms with Crippen molar-refractivity contribution in [3.63, 3.8) is 0 Å². The number of ether oxygens (including phenoxy) is 1. The van der Waals surface area contributed by atoms with Gasteiger partial charge in [0.25, 0.3) is 0 Å². The van der Waals surface area contributed by atoms with Crippen LogP contribution in [0.25, 0.3) is 11.3 Å². The van der Waals surface area contributed by atoms with E-state index in [0.717, 1.165) is 5.56 Å². The van der Waals surface area contributed by atoms with Crippen LogP contribution in [0.5, 0.6) is 5.75 Å². The fraction of sp³-hybridized carbons (Fsp3) is 0.182. The van der Waals surface area contributed by atoms with Crippen molar-refractivity contribution in [3.8, 4) is 17.1 Å². The number of nitrogens with zero attached hydrogens (tertiary/aromatic N) is 1. The van der Waals surface area contributed by atoms with Crippen LogP contribution in [0.1, 0.15) is 6.92 Å². The molecule has 0 aliphatic heterocycles. The minimum atomic E-state index is 0.575. The third kappa shape index (κ3) is 2.13. The molecule has 0 saturated heterocycles. The van der Waals surface area contributed by atoms with Gasteiger partial charge in [0.05, 0.1) is 17.8 Å². The molecular weight excluding hydrogens is 214 g/mol. The molecule has 0 unspecified atom stereocenters. The number of aromatic nitrogens is 1. The molecular formula is C11H10ClNO2. The quantitative estimate of drug-likeness (QED) is 0.800. The van der Waals surface area contributed by atoms with Crippen molar-refractivity contribution in [2.24, 2.45) is 0 Å². The highest BCUT2D eigenvalue weighted by Crippen LogP contribution is 2.30. The van der Waals surface area contributed by atoms with Gasteiger partial charge in [0.1, 0.15) is 5.75 Å². The van der Waals surface area contributed by atoms with Gasteiger partial charge in [-0.05, 0) is 25.1 Å². The Kier molecular flexibility index (Phi) is 2.92. The van der Waals surface area contributed by atoms with Crippen LogP contribution in [0.3, 0.4) is 0 Å². The summed E-state index contributed by atoms with van der Waals surface area (Å²) in [4.78, 5) is 0. The Labute approximate surface area is 92.6 Å². The van der Waals surface area contributed by atoms with Gasteiger partial charge in [0.15, 0.2) is 5.76 Å². The molecule has 0 saturated carbocycles. The van der Waals surface area contributed by atoms with Gasteiger partial charge in [0, 0.05) is 11.6 Å². The van der Waals surface area contributed by atoms with E-state index in [9.17, 15) is 0 Å². The first-order valence-electron chi connectivity index (χ1n) is 4.64. The summed E-state index contributed by atoms with van der Waals surface area (Å²) in [6, 6.07) is 7.29. The van der Waals surface area contributed by atoms with Crippen molar-refractivity contribution in [2.45, 2.75) is 6.92 Å². The van der Waals surface area contributed by atoms with Crippen molar-refractivity contribution in [2.75, 3.05) is 6.61 Å². The van der Waals surface area contributed by atoms with Crippen molar-refractivity contribution in [3.05, 3.63) is 35.5 Å². The molecule has 0 N–H and O–H groups in total. The van der Waals surface area contributed by atoms with E-state index in [1.54, 1.807) is 18.3 Å². The van der Waals surface area contributed by atoms with Gasteiger partial charge in [-0.1, -0.05) is 16.8 Å². The average Bonchev–Trinajstić information content (AvgIpc) is 2.74. The zero-order chi connectivity index (χ0) is 10.7. The zero-order valence-electron chi connectivity index (χ0n) is 8.24. The molecule has 0 atom stereocenters. The van der Waals surface area contributed by atoms with E-state index >= 15 is 0 Å². The van der Waals surface area contributed by atoms with Gasteiger partial charge in [-0.2, -0.15) is 0 Å². The highest BCUT2D eigenvalue weighted by Gasteiger charge is 2.06. The summed E-state index contributed by atoms with van der Waals surface area (Å²) in [5.41, 5.74) is 0.890. The number of rotatable bonds is 3. The lowest BCUT2D eigenvalue weighted by molar-refractivity contribution is 0.340. The van der Waals surface area contributed by atoms with Gasteiger partial charge in [-0.3, -0.25) is 0 Å². The second-order valence-electron chi connectivity index (χ2n) is 2.95. The molecule has 4 heteroatoms. The molecule has 78 valence electrons. The van der Waals surface area contributed by atoms with Gasteiger partial charge >= 0.3 is 0 Å². The summed E-state index contributed by atoms with van der Waals surface area (Å²) in [5, 5.41) is 4.21. The molecule has 1 heterocycles. The Hall–Kier alpha value is -1.48. The molecule has 0 fully saturated rings. The van der Waals surface area contributed by atoms with Crippen LogP contribution >= 0.6 is 11.6 Å². The molecule has 2 rings (SSSR count). The molecule has 0 bridgehead atoms. The number of hydrogen-bond donors (Lipinski definition) is 0. The highest BCUT2D eigenvalue weighted by atomic mass is 35.5. The van der Waals surface area contributed by atoms with Crippen molar-refractivity contribution in [1.29, 1.82) is 0 Å². The van der Waals surface area contributed by atoms with Gasteiger partial charge in [0.2, 0.25) is 0 Å². The summed E-state index contributed by atoms with van der Waals surface area (Å²) >= 11 is 6.04. The molecule has 1 aromatic carbocycles.